The van der Waals surface area contributed by atoms with E-state index in [0.717, 1.165) is 5.56 Å². The van der Waals surface area contributed by atoms with Crippen LogP contribution in [0.2, 0.25) is 0 Å². The molecular weight excluding hydrogens is 352 g/mol. The lowest BCUT2D eigenvalue weighted by Gasteiger charge is -2.19. The summed E-state index contributed by atoms with van der Waals surface area (Å²) in [7, 11) is -1.68. The zero-order valence-electron chi connectivity index (χ0n) is 14.8. The number of nitrogens with zero attached hydrogens (tertiary/aromatic N) is 1. The van der Waals surface area contributed by atoms with Crippen molar-refractivity contribution < 1.29 is 17.9 Å². The number of carbonyl (C=O) groups is 1. The van der Waals surface area contributed by atoms with Crippen LogP contribution in [0.1, 0.15) is 35.3 Å². The van der Waals surface area contributed by atoms with Gasteiger partial charge in [0.05, 0.1) is 24.6 Å². The second kappa shape index (κ2) is 7.37. The molecule has 1 aliphatic rings. The predicted octanol–water partition coefficient (Wildman–Crippen LogP) is 2.73. The summed E-state index contributed by atoms with van der Waals surface area (Å²) in [4.78, 5) is 12.6. The van der Waals surface area contributed by atoms with Gasteiger partial charge >= 0.3 is 0 Å². The summed E-state index contributed by atoms with van der Waals surface area (Å²) in [5, 5.41) is 2.94. The molecule has 0 aromatic heterocycles. The number of amides is 1. The molecule has 1 fully saturated rings. The minimum atomic E-state index is -3.27. The average molecular weight is 374 g/mol. The van der Waals surface area contributed by atoms with Crippen molar-refractivity contribution in [3.8, 4) is 5.75 Å². The first-order valence-corrected chi connectivity index (χ1v) is 10.1. The number of rotatable bonds is 5. The largest absolute Gasteiger partial charge is 0.496 e. The first-order valence-electron chi connectivity index (χ1n) is 8.46. The summed E-state index contributed by atoms with van der Waals surface area (Å²) in [6, 6.07) is 14.0. The Morgan fingerprint density at radius 2 is 1.96 bits per heavy atom. The maximum Gasteiger partial charge on any atom is 0.251 e. The first-order chi connectivity index (χ1) is 12.4. The van der Waals surface area contributed by atoms with Gasteiger partial charge in [-0.05, 0) is 37.6 Å². The monoisotopic (exact) mass is 374 g/mol. The fourth-order valence-corrected chi connectivity index (χ4v) is 4.67. The van der Waals surface area contributed by atoms with E-state index in [1.165, 1.54) is 4.31 Å². The van der Waals surface area contributed by atoms with E-state index in [1.807, 2.05) is 31.2 Å². The number of nitrogens with one attached hydrogen (secondary N) is 1. The Hall–Kier alpha value is -2.54. The van der Waals surface area contributed by atoms with Crippen molar-refractivity contribution in [3.63, 3.8) is 0 Å². The van der Waals surface area contributed by atoms with Gasteiger partial charge in [-0.15, -0.1) is 0 Å². The lowest BCUT2D eigenvalue weighted by molar-refractivity contribution is 0.0939. The van der Waals surface area contributed by atoms with Crippen molar-refractivity contribution >= 4 is 21.6 Å². The molecule has 2 aromatic rings. The maximum atomic E-state index is 12.6. The van der Waals surface area contributed by atoms with Gasteiger partial charge in [0.25, 0.3) is 5.91 Å². The van der Waals surface area contributed by atoms with Crippen LogP contribution in [0.3, 0.4) is 0 Å². The van der Waals surface area contributed by atoms with E-state index < -0.39 is 10.0 Å². The normalized spacial score (nSPS) is 16.9. The molecule has 2 aromatic carbocycles. The van der Waals surface area contributed by atoms with Gasteiger partial charge in [-0.2, -0.15) is 0 Å². The summed E-state index contributed by atoms with van der Waals surface area (Å²) < 4.78 is 30.9. The Bertz CT molecular complexity index is 911. The molecule has 7 heteroatoms. The Morgan fingerprint density at radius 3 is 2.65 bits per heavy atom. The molecule has 0 radical (unpaired) electrons. The number of para-hydroxylation sites is 1. The number of hydrogen-bond acceptors (Lipinski definition) is 4. The molecule has 0 saturated carbocycles. The molecule has 3 rings (SSSR count). The minimum absolute atomic E-state index is 0.147. The highest BCUT2D eigenvalue weighted by Gasteiger charge is 2.28. The number of carbonyl (C=O) groups excluding carboxylic acids is 1. The molecule has 1 amide bonds. The van der Waals surface area contributed by atoms with Gasteiger partial charge in [0, 0.05) is 17.7 Å². The molecule has 0 spiro atoms. The van der Waals surface area contributed by atoms with Crippen LogP contribution in [-0.4, -0.2) is 33.7 Å². The summed E-state index contributed by atoms with van der Waals surface area (Å²) >= 11 is 0. The van der Waals surface area contributed by atoms with Crippen molar-refractivity contribution in [2.75, 3.05) is 23.7 Å². The van der Waals surface area contributed by atoms with Crippen molar-refractivity contribution in [1.29, 1.82) is 0 Å². The van der Waals surface area contributed by atoms with Gasteiger partial charge in [0.15, 0.2) is 0 Å². The van der Waals surface area contributed by atoms with Crippen LogP contribution < -0.4 is 14.4 Å². The van der Waals surface area contributed by atoms with Gasteiger partial charge in [-0.1, -0.05) is 24.3 Å². The number of hydrogen-bond donors (Lipinski definition) is 1. The molecule has 1 N–H and O–H groups in total. The molecule has 138 valence electrons. The van der Waals surface area contributed by atoms with E-state index >= 15 is 0 Å². The Balaban J connectivity index is 1.79. The van der Waals surface area contributed by atoms with Crippen molar-refractivity contribution in [2.45, 2.75) is 19.4 Å². The Labute approximate surface area is 153 Å². The molecule has 26 heavy (non-hydrogen) atoms. The highest BCUT2D eigenvalue weighted by Crippen LogP contribution is 2.26. The zero-order chi connectivity index (χ0) is 18.7. The molecule has 0 aliphatic carbocycles. The van der Waals surface area contributed by atoms with Crippen molar-refractivity contribution in [3.05, 3.63) is 59.7 Å². The SMILES string of the molecule is COc1ccccc1[C@@H](C)NC(=O)c1cccc(N2CCCS2(=O)=O)c1. The standard InChI is InChI=1S/C19H22N2O4S/c1-14(17-9-3-4-10-18(17)25-2)20-19(22)15-7-5-8-16(13-15)21-11-6-12-26(21,23)24/h3-5,7-10,13-14H,6,11-12H2,1-2H3,(H,20,22)/t14-/m1/s1. The van der Waals surface area contributed by atoms with Gasteiger partial charge in [0.1, 0.15) is 5.75 Å². The summed E-state index contributed by atoms with van der Waals surface area (Å²) in [5.74, 6) is 0.591. The maximum absolute atomic E-state index is 12.6. The lowest BCUT2D eigenvalue weighted by Crippen LogP contribution is -2.28. The van der Waals surface area contributed by atoms with Crippen LogP contribution in [0.25, 0.3) is 0 Å². The first kappa shape index (κ1) is 18.3. The molecule has 6 nitrogen and oxygen atoms in total. The second-order valence-electron chi connectivity index (χ2n) is 6.23. The lowest BCUT2D eigenvalue weighted by atomic mass is 10.1. The third-order valence-corrected chi connectivity index (χ3v) is 6.32. The van der Waals surface area contributed by atoms with Crippen LogP contribution in [0.5, 0.6) is 5.75 Å². The highest BCUT2D eigenvalue weighted by atomic mass is 32.2. The molecule has 1 aliphatic heterocycles. The van der Waals surface area contributed by atoms with Crippen LogP contribution in [0.15, 0.2) is 48.5 Å². The van der Waals surface area contributed by atoms with Crippen LogP contribution in [-0.2, 0) is 10.0 Å². The fraction of sp³-hybridized carbons (Fsp3) is 0.316. The van der Waals surface area contributed by atoms with Gasteiger partial charge in [0.2, 0.25) is 10.0 Å². The molecule has 1 atom stereocenters. The number of sulfonamides is 1. The molecule has 1 heterocycles. The quantitative estimate of drug-likeness (QED) is 0.873. The van der Waals surface area contributed by atoms with E-state index in [4.69, 9.17) is 4.74 Å². The fourth-order valence-electron chi connectivity index (χ4n) is 3.11. The van der Waals surface area contributed by atoms with Gasteiger partial charge in [-0.3, -0.25) is 9.10 Å². The van der Waals surface area contributed by atoms with E-state index in [-0.39, 0.29) is 17.7 Å². The van der Waals surface area contributed by atoms with E-state index in [0.29, 0.717) is 30.0 Å². The third-order valence-electron chi connectivity index (χ3n) is 4.45. The molecule has 0 bridgehead atoms. The van der Waals surface area contributed by atoms with Gasteiger partial charge in [-0.25, -0.2) is 8.42 Å². The number of anilines is 1. The highest BCUT2D eigenvalue weighted by molar-refractivity contribution is 7.93. The van der Waals surface area contributed by atoms with E-state index in [2.05, 4.69) is 5.32 Å². The third kappa shape index (κ3) is 3.67. The molecule has 0 unspecified atom stereocenters. The van der Waals surface area contributed by atoms with Crippen LogP contribution in [0.4, 0.5) is 5.69 Å². The number of ether oxygens (including phenoxy) is 1. The van der Waals surface area contributed by atoms with Crippen LogP contribution >= 0.6 is 0 Å². The molecule has 1 saturated heterocycles. The Morgan fingerprint density at radius 1 is 1.19 bits per heavy atom. The minimum Gasteiger partial charge on any atom is -0.496 e. The predicted molar refractivity (Wildman–Crippen MR) is 101 cm³/mol. The smallest absolute Gasteiger partial charge is 0.251 e. The van der Waals surface area contributed by atoms with Gasteiger partial charge < -0.3 is 10.1 Å². The summed E-state index contributed by atoms with van der Waals surface area (Å²) in [6.07, 6.45) is 0.601. The molecular formula is C19H22N2O4S. The van der Waals surface area contributed by atoms with E-state index in [1.54, 1.807) is 31.4 Å². The average Bonchev–Trinajstić information content (AvgIpc) is 3.00. The summed E-state index contributed by atoms with van der Waals surface area (Å²) in [5.41, 5.74) is 1.83. The summed E-state index contributed by atoms with van der Waals surface area (Å²) in [6.45, 7) is 2.33. The number of benzene rings is 2. The topological polar surface area (TPSA) is 75.7 Å². The Kier molecular flexibility index (Phi) is 5.18. The number of methoxy groups -OCH3 is 1. The van der Waals surface area contributed by atoms with Crippen LogP contribution in [0, 0.1) is 0 Å². The second-order valence-corrected chi connectivity index (χ2v) is 8.24. The van der Waals surface area contributed by atoms with Crippen molar-refractivity contribution in [2.24, 2.45) is 0 Å². The van der Waals surface area contributed by atoms with Crippen molar-refractivity contribution in [1.82, 2.24) is 5.32 Å². The zero-order valence-corrected chi connectivity index (χ0v) is 15.6. The van der Waals surface area contributed by atoms with E-state index in [9.17, 15) is 13.2 Å².